The van der Waals surface area contributed by atoms with Crippen molar-refractivity contribution in [3.05, 3.63) is 211 Å². The van der Waals surface area contributed by atoms with Crippen molar-refractivity contribution >= 4 is 100.0 Å². The maximum Gasteiger partial charge on any atom is 0.124 e. The zero-order chi connectivity index (χ0) is 45.7. The van der Waals surface area contributed by atoms with Gasteiger partial charge in [0, 0.05) is 31.0 Å². The molecule has 0 saturated carbocycles. The predicted molar refractivity (Wildman–Crippen MR) is 293 cm³/mol. The van der Waals surface area contributed by atoms with E-state index in [4.69, 9.17) is 4.98 Å². The summed E-state index contributed by atoms with van der Waals surface area (Å²) in [5.74, 6) is 0. The van der Waals surface area contributed by atoms with Gasteiger partial charge in [-0.1, -0.05) is 115 Å². The van der Waals surface area contributed by atoms with Gasteiger partial charge in [0.25, 0.3) is 0 Å². The largest absolute Gasteiger partial charge is 0.341 e. The number of fused-ring (bicyclic) bond motifs is 8. The summed E-state index contributed by atoms with van der Waals surface area (Å²) in [6.45, 7) is 0. The lowest BCUT2D eigenvalue weighted by Crippen LogP contribution is -2.24. The van der Waals surface area contributed by atoms with Gasteiger partial charge in [0.1, 0.15) is 5.01 Å². The third-order valence-electron chi connectivity index (χ3n) is 14.9. The smallest absolute Gasteiger partial charge is 0.124 e. The van der Waals surface area contributed by atoms with Crippen LogP contribution in [-0.2, 0) is 12.8 Å². The maximum atomic E-state index is 5.06. The molecule has 0 unspecified atom stereocenters. The lowest BCUT2D eigenvalue weighted by atomic mass is 9.83. The molecular formula is C63H47N5S. The van der Waals surface area contributed by atoms with Gasteiger partial charge in [-0.3, -0.25) is 0 Å². The van der Waals surface area contributed by atoms with Gasteiger partial charge in [-0.05, 0) is 166 Å². The molecule has 1 aliphatic carbocycles. The number of para-hydroxylation sites is 9. The molecule has 330 valence electrons. The number of anilines is 10. The molecule has 0 amide bonds. The van der Waals surface area contributed by atoms with Crippen LogP contribution in [0.25, 0.3) is 64.6 Å². The molecule has 69 heavy (non-hydrogen) atoms. The molecule has 10 aromatic carbocycles. The molecule has 1 aromatic heterocycles. The molecule has 0 N–H and O–H groups in total. The lowest BCUT2D eigenvalue weighted by Gasteiger charge is -2.39. The van der Waals surface area contributed by atoms with E-state index in [1.807, 2.05) is 0 Å². The number of aromatic nitrogens is 1. The van der Waals surface area contributed by atoms with Crippen LogP contribution in [0.3, 0.4) is 0 Å². The lowest BCUT2D eigenvalue weighted by molar-refractivity contribution is 0.686. The van der Waals surface area contributed by atoms with Crippen molar-refractivity contribution in [3.8, 4) is 32.8 Å². The average Bonchev–Trinajstić information content (AvgIpc) is 3.85. The Morgan fingerprint density at radius 2 is 0.812 bits per heavy atom. The summed E-state index contributed by atoms with van der Waals surface area (Å²) in [4.78, 5) is 14.6. The van der Waals surface area contributed by atoms with Gasteiger partial charge in [0.05, 0.1) is 55.7 Å². The second-order valence-corrected chi connectivity index (χ2v) is 19.7. The van der Waals surface area contributed by atoms with Gasteiger partial charge >= 0.3 is 0 Å². The van der Waals surface area contributed by atoms with Crippen molar-refractivity contribution in [1.29, 1.82) is 0 Å². The number of aryl methyl sites for hydroxylation is 2. The topological polar surface area (TPSA) is 25.9 Å². The molecule has 0 bridgehead atoms. The summed E-state index contributed by atoms with van der Waals surface area (Å²) in [5.41, 5.74) is 21.7. The van der Waals surface area contributed by atoms with Crippen LogP contribution in [0.15, 0.2) is 200 Å². The SMILES string of the molecule is CN1c2ccccc2N(c2ccc3c(-c4ccc5c(c4)CCCC5)c4cc(N5c6ccccc6N(C)c6ccccc65)ccc4c(-c4ccc(-c5nc6ccccc6s5)cc4)c3c2)c2ccccc21. The Kier molecular flexibility index (Phi) is 9.08. The van der Waals surface area contributed by atoms with Gasteiger partial charge in [-0.2, -0.15) is 0 Å². The molecule has 2 aliphatic heterocycles. The Bertz CT molecular complexity index is 3740. The zero-order valence-electron chi connectivity index (χ0n) is 38.5. The van der Waals surface area contributed by atoms with Gasteiger partial charge in [0.15, 0.2) is 0 Å². The molecule has 0 atom stereocenters. The molecule has 6 heteroatoms. The monoisotopic (exact) mass is 905 g/mol. The summed E-state index contributed by atoms with van der Waals surface area (Å²) < 4.78 is 1.20. The van der Waals surface area contributed by atoms with Gasteiger partial charge in [-0.15, -0.1) is 11.3 Å². The first kappa shape index (κ1) is 39.9. The minimum Gasteiger partial charge on any atom is -0.341 e. The van der Waals surface area contributed by atoms with E-state index >= 15 is 0 Å². The highest BCUT2D eigenvalue weighted by atomic mass is 32.1. The Morgan fingerprint density at radius 1 is 0.377 bits per heavy atom. The van der Waals surface area contributed by atoms with Gasteiger partial charge < -0.3 is 19.6 Å². The Morgan fingerprint density at radius 3 is 1.33 bits per heavy atom. The van der Waals surface area contributed by atoms with Crippen molar-refractivity contribution in [2.75, 3.05) is 33.7 Å². The average molecular weight is 906 g/mol. The zero-order valence-corrected chi connectivity index (χ0v) is 39.3. The molecule has 3 heterocycles. The summed E-state index contributed by atoms with van der Waals surface area (Å²) in [6, 6.07) is 74.5. The van der Waals surface area contributed by atoms with Crippen molar-refractivity contribution in [2.45, 2.75) is 25.7 Å². The van der Waals surface area contributed by atoms with Gasteiger partial charge in [-0.25, -0.2) is 4.98 Å². The van der Waals surface area contributed by atoms with Crippen LogP contribution < -0.4 is 19.6 Å². The summed E-state index contributed by atoms with van der Waals surface area (Å²) in [6.07, 6.45) is 4.74. The third-order valence-corrected chi connectivity index (χ3v) is 16.0. The van der Waals surface area contributed by atoms with E-state index < -0.39 is 0 Å². The van der Waals surface area contributed by atoms with Crippen molar-refractivity contribution in [3.63, 3.8) is 0 Å². The summed E-state index contributed by atoms with van der Waals surface area (Å²) in [7, 11) is 4.35. The maximum absolute atomic E-state index is 5.06. The van der Waals surface area contributed by atoms with E-state index in [-0.39, 0.29) is 0 Å². The van der Waals surface area contributed by atoms with E-state index in [1.165, 1.54) is 95.2 Å². The van der Waals surface area contributed by atoms with E-state index in [0.717, 1.165) is 63.1 Å². The number of thiazole rings is 1. The molecule has 3 aliphatic rings. The molecule has 5 nitrogen and oxygen atoms in total. The fraction of sp³-hybridized carbons (Fsp3) is 0.0952. The van der Waals surface area contributed by atoms with E-state index in [9.17, 15) is 0 Å². The first-order chi connectivity index (χ1) is 34.1. The van der Waals surface area contributed by atoms with Crippen LogP contribution in [0.1, 0.15) is 24.0 Å². The van der Waals surface area contributed by atoms with E-state index in [2.05, 4.69) is 234 Å². The standard InChI is InChI=1S/C63H47N5S/c1-65-52-18-6-10-22-56(52)67(57-23-11-7-19-53(57)65)45-34-36-48-49(38-45)61(41-28-30-42(31-29-41)63-64-51-17-5-14-26-60(51)69-63)47-35-33-46(39-50(47)62(48)44-32-27-40-15-3-4-16-43(40)37-44)68-58-24-12-8-20-54(58)66(2)55-21-9-13-25-59(55)68/h5-14,17-39H,3-4,15-16H2,1-2H3. The quantitative estimate of drug-likeness (QED) is 0.160. The van der Waals surface area contributed by atoms with Crippen LogP contribution in [-0.4, -0.2) is 19.1 Å². The molecular weight excluding hydrogens is 859 g/mol. The van der Waals surface area contributed by atoms with Crippen LogP contribution in [0.4, 0.5) is 56.9 Å². The van der Waals surface area contributed by atoms with Gasteiger partial charge in [0.2, 0.25) is 0 Å². The van der Waals surface area contributed by atoms with Crippen LogP contribution in [0, 0.1) is 0 Å². The summed E-state index contributed by atoms with van der Waals surface area (Å²) in [5, 5.41) is 5.95. The Balaban J connectivity index is 1.06. The molecule has 0 radical (unpaired) electrons. The predicted octanol–water partition coefficient (Wildman–Crippen LogP) is 17.6. The highest BCUT2D eigenvalue weighted by Crippen LogP contribution is 2.55. The molecule has 11 aromatic rings. The molecule has 0 fully saturated rings. The van der Waals surface area contributed by atoms with Crippen LogP contribution >= 0.6 is 11.3 Å². The number of rotatable bonds is 5. The minimum atomic E-state index is 1.03. The van der Waals surface area contributed by atoms with E-state index in [0.29, 0.717) is 0 Å². The normalized spacial score (nSPS) is 13.9. The highest BCUT2D eigenvalue weighted by Gasteiger charge is 2.30. The van der Waals surface area contributed by atoms with Crippen molar-refractivity contribution < 1.29 is 0 Å². The number of hydrogen-bond donors (Lipinski definition) is 0. The fourth-order valence-electron chi connectivity index (χ4n) is 11.6. The molecule has 14 rings (SSSR count). The van der Waals surface area contributed by atoms with E-state index in [1.54, 1.807) is 11.3 Å². The number of benzene rings is 10. The molecule has 0 spiro atoms. The van der Waals surface area contributed by atoms with Crippen LogP contribution in [0.5, 0.6) is 0 Å². The van der Waals surface area contributed by atoms with Crippen molar-refractivity contribution in [1.82, 2.24) is 4.98 Å². The fourth-order valence-corrected chi connectivity index (χ4v) is 12.6. The minimum absolute atomic E-state index is 1.03. The number of nitrogens with zero attached hydrogens (tertiary/aromatic N) is 5. The highest BCUT2D eigenvalue weighted by molar-refractivity contribution is 7.21. The summed E-state index contributed by atoms with van der Waals surface area (Å²) >= 11 is 1.75. The second kappa shape index (κ2) is 15.7. The van der Waals surface area contributed by atoms with Crippen molar-refractivity contribution in [2.24, 2.45) is 0 Å². The first-order valence-electron chi connectivity index (χ1n) is 24.1. The Labute approximate surface area is 406 Å². The number of hydrogen-bond acceptors (Lipinski definition) is 6. The Hall–Kier alpha value is -8.19. The first-order valence-corrected chi connectivity index (χ1v) is 24.9. The molecule has 0 saturated heterocycles. The van der Waals surface area contributed by atoms with Crippen LogP contribution in [0.2, 0.25) is 0 Å². The third kappa shape index (κ3) is 6.25. The second-order valence-electron chi connectivity index (χ2n) is 18.7.